The highest BCUT2D eigenvalue weighted by molar-refractivity contribution is 5.87. The van der Waals surface area contributed by atoms with Gasteiger partial charge in [-0.05, 0) is 34.1 Å². The third kappa shape index (κ3) is 36.5. The Morgan fingerprint density at radius 2 is 0.931 bits per heavy atom. The molecule has 8 nitrogen and oxygen atoms in total. The number of aliphatic carboxylic acids is 3. The lowest BCUT2D eigenvalue weighted by Crippen LogP contribution is -2.05. The first-order valence-electron chi connectivity index (χ1n) is 8.60. The third-order valence-corrected chi connectivity index (χ3v) is 2.42. The van der Waals surface area contributed by atoms with E-state index in [1.165, 1.54) is 20.8 Å². The van der Waals surface area contributed by atoms with Gasteiger partial charge >= 0.3 is 23.9 Å². The fraction of sp³-hybridized carbons (Fsp3) is 0.429. The fourth-order valence-corrected chi connectivity index (χ4v) is 0.640. The van der Waals surface area contributed by atoms with Crippen LogP contribution >= 0.6 is 0 Å². The molecular weight excluding hydrogens is 380 g/mol. The first-order chi connectivity index (χ1) is 13.1. The van der Waals surface area contributed by atoms with Crippen molar-refractivity contribution in [3.05, 3.63) is 48.6 Å². The molecule has 0 aromatic rings. The van der Waals surface area contributed by atoms with Crippen LogP contribution in [0.25, 0.3) is 0 Å². The van der Waals surface area contributed by atoms with Crippen molar-refractivity contribution < 1.29 is 39.2 Å². The molecule has 0 atom stereocenters. The minimum Gasteiger partial charge on any atom is -0.478 e. The molecule has 0 spiro atoms. The van der Waals surface area contributed by atoms with Crippen LogP contribution in [0.3, 0.4) is 0 Å². The van der Waals surface area contributed by atoms with Gasteiger partial charge in [-0.25, -0.2) is 19.2 Å². The Morgan fingerprint density at radius 3 is 1.10 bits per heavy atom. The molecule has 0 rings (SSSR count). The Labute approximate surface area is 172 Å². The predicted molar refractivity (Wildman–Crippen MR) is 113 cm³/mol. The highest BCUT2D eigenvalue weighted by Gasteiger charge is 2.00. The molecule has 0 aliphatic heterocycles. The van der Waals surface area contributed by atoms with Crippen LogP contribution in [0, 0.1) is 0 Å². The van der Waals surface area contributed by atoms with Crippen molar-refractivity contribution in [2.75, 3.05) is 6.61 Å². The lowest BCUT2D eigenvalue weighted by atomic mass is 10.3. The number of hydrogen-bond donors (Lipinski definition) is 3. The molecule has 0 saturated heterocycles. The summed E-state index contributed by atoms with van der Waals surface area (Å²) in [5.41, 5.74) is 1.00. The number of carbonyl (C=O) groups is 4. The zero-order valence-corrected chi connectivity index (χ0v) is 18.0. The largest absolute Gasteiger partial charge is 0.478 e. The Hall–Kier alpha value is -3.16. The third-order valence-electron chi connectivity index (χ3n) is 2.42. The molecule has 29 heavy (non-hydrogen) atoms. The van der Waals surface area contributed by atoms with Gasteiger partial charge in [-0.3, -0.25) is 0 Å². The molecule has 3 N–H and O–H groups in total. The van der Waals surface area contributed by atoms with Crippen molar-refractivity contribution >= 4 is 23.9 Å². The van der Waals surface area contributed by atoms with Gasteiger partial charge in [0.25, 0.3) is 0 Å². The van der Waals surface area contributed by atoms with E-state index < -0.39 is 17.9 Å². The van der Waals surface area contributed by atoms with E-state index in [4.69, 9.17) is 20.1 Å². The number of carboxylic acid groups (broad SMARTS) is 3. The number of carbonyl (C=O) groups excluding carboxylic acids is 1. The number of hydrogen-bond acceptors (Lipinski definition) is 5. The van der Waals surface area contributed by atoms with Crippen molar-refractivity contribution in [2.45, 2.75) is 53.9 Å². The number of rotatable bonds is 8. The summed E-state index contributed by atoms with van der Waals surface area (Å²) in [5, 5.41) is 23.7. The number of unbranched alkanes of at least 4 members (excludes halogenated alkanes) is 2. The highest BCUT2D eigenvalue weighted by Crippen LogP contribution is 1.97. The molecule has 0 aromatic heterocycles. The summed E-state index contributed by atoms with van der Waals surface area (Å²) in [6.45, 7) is 21.6. The van der Waals surface area contributed by atoms with Crippen LogP contribution in [0.1, 0.15) is 53.9 Å². The van der Waals surface area contributed by atoms with Gasteiger partial charge in [-0.2, -0.15) is 0 Å². The molecule has 0 aromatic carbocycles. The fourth-order valence-electron chi connectivity index (χ4n) is 0.640. The maximum atomic E-state index is 10.8. The van der Waals surface area contributed by atoms with Crippen LogP contribution in [0.4, 0.5) is 0 Å². The summed E-state index contributed by atoms with van der Waals surface area (Å²) >= 11 is 0. The van der Waals surface area contributed by atoms with Crippen molar-refractivity contribution in [1.82, 2.24) is 0 Å². The normalized spacial score (nSPS) is 8.17. The van der Waals surface area contributed by atoms with Crippen LogP contribution in [-0.4, -0.2) is 45.8 Å². The predicted octanol–water partition coefficient (Wildman–Crippen LogP) is 4.24. The van der Waals surface area contributed by atoms with E-state index in [0.29, 0.717) is 12.2 Å². The van der Waals surface area contributed by atoms with Crippen LogP contribution in [0.2, 0.25) is 0 Å². The zero-order valence-electron chi connectivity index (χ0n) is 18.0. The molecule has 0 aliphatic rings. The smallest absolute Gasteiger partial charge is 0.333 e. The molecule has 0 bridgehead atoms. The molecule has 8 heteroatoms. The molecule has 0 heterocycles. The topological polar surface area (TPSA) is 138 Å². The van der Waals surface area contributed by atoms with E-state index in [-0.39, 0.29) is 22.7 Å². The van der Waals surface area contributed by atoms with Gasteiger partial charge in [0, 0.05) is 22.3 Å². The first kappa shape index (κ1) is 33.4. The summed E-state index contributed by atoms with van der Waals surface area (Å²) < 4.78 is 4.87. The quantitative estimate of drug-likeness (QED) is 0.304. The molecule has 0 radical (unpaired) electrons. The van der Waals surface area contributed by atoms with Crippen LogP contribution < -0.4 is 0 Å². The monoisotopic (exact) mass is 414 g/mol. The van der Waals surface area contributed by atoms with Crippen molar-refractivity contribution in [1.29, 1.82) is 0 Å². The SMILES string of the molecule is C=C(C)C(=O)O.C=C(C)C(=O)O.C=C(C)C(=O)O.C=C(C)C(=O)OCCCCC. The van der Waals surface area contributed by atoms with E-state index in [1.54, 1.807) is 6.92 Å². The van der Waals surface area contributed by atoms with Gasteiger partial charge in [0.1, 0.15) is 0 Å². The summed E-state index contributed by atoms with van der Waals surface area (Å²) in [4.78, 5) is 39.6. The Bertz CT molecular complexity index is 507. The number of esters is 1. The van der Waals surface area contributed by atoms with E-state index in [9.17, 15) is 19.2 Å². The van der Waals surface area contributed by atoms with E-state index in [2.05, 4.69) is 33.2 Å². The van der Waals surface area contributed by atoms with Gasteiger partial charge < -0.3 is 20.1 Å². The number of carboxylic acids is 3. The molecular formula is C21H34O8. The zero-order chi connectivity index (χ0) is 24.2. The summed E-state index contributed by atoms with van der Waals surface area (Å²) in [5.74, 6) is -3.08. The molecule has 166 valence electrons. The van der Waals surface area contributed by atoms with Crippen LogP contribution in [0.5, 0.6) is 0 Å². The van der Waals surface area contributed by atoms with Gasteiger partial charge in [0.2, 0.25) is 0 Å². The average Bonchev–Trinajstić information content (AvgIpc) is 2.59. The molecule has 0 amide bonds. The van der Waals surface area contributed by atoms with Crippen molar-refractivity contribution in [3.8, 4) is 0 Å². The minimum absolute atomic E-state index is 0.176. The van der Waals surface area contributed by atoms with Gasteiger partial charge in [-0.1, -0.05) is 46.1 Å². The molecule has 0 aliphatic carbocycles. The average molecular weight is 414 g/mol. The summed E-state index contributed by atoms with van der Waals surface area (Å²) in [6.07, 6.45) is 3.21. The maximum absolute atomic E-state index is 10.8. The second-order valence-corrected chi connectivity index (χ2v) is 5.88. The Kier molecular flexibility index (Phi) is 24.4. The van der Waals surface area contributed by atoms with Crippen LogP contribution in [-0.2, 0) is 23.9 Å². The molecule has 0 fully saturated rings. The highest BCUT2D eigenvalue weighted by atomic mass is 16.5. The van der Waals surface area contributed by atoms with Gasteiger partial charge in [-0.15, -0.1) is 0 Å². The van der Waals surface area contributed by atoms with Crippen molar-refractivity contribution in [2.24, 2.45) is 0 Å². The van der Waals surface area contributed by atoms with E-state index >= 15 is 0 Å². The van der Waals surface area contributed by atoms with E-state index in [0.717, 1.165) is 19.3 Å². The summed E-state index contributed by atoms with van der Waals surface area (Å²) in [6, 6.07) is 0. The first-order valence-corrected chi connectivity index (χ1v) is 8.60. The Morgan fingerprint density at radius 1 is 0.655 bits per heavy atom. The van der Waals surface area contributed by atoms with Crippen LogP contribution in [0.15, 0.2) is 48.6 Å². The summed E-state index contributed by atoms with van der Waals surface area (Å²) in [7, 11) is 0. The molecule has 0 saturated carbocycles. The van der Waals surface area contributed by atoms with Gasteiger partial charge in [0.05, 0.1) is 6.61 Å². The van der Waals surface area contributed by atoms with E-state index in [1.807, 2.05) is 0 Å². The van der Waals surface area contributed by atoms with Gasteiger partial charge in [0.15, 0.2) is 0 Å². The van der Waals surface area contributed by atoms with Crippen molar-refractivity contribution in [3.63, 3.8) is 0 Å². The minimum atomic E-state index is -0.935. The maximum Gasteiger partial charge on any atom is 0.333 e. The Balaban J connectivity index is -0.000000151. The second-order valence-electron chi connectivity index (χ2n) is 5.88. The molecule has 0 unspecified atom stereocenters. The lowest BCUT2D eigenvalue weighted by Gasteiger charge is -2.02. The number of ether oxygens (including phenoxy) is 1. The lowest BCUT2D eigenvalue weighted by molar-refractivity contribution is -0.139. The second kappa shape index (κ2) is 21.1. The standard InChI is InChI=1S/C9H16O2.3C4H6O2/c1-4-5-6-7-11-9(10)8(2)3;3*1-3(2)4(5)6/h2,4-7H2,1,3H3;3*1H2,2H3,(H,5,6).